The molecule has 1 nitrogen and oxygen atoms in total. The Labute approximate surface area is 86.1 Å². The van der Waals surface area contributed by atoms with E-state index in [1.807, 2.05) is 13.8 Å². The zero-order chi connectivity index (χ0) is 11.3. The summed E-state index contributed by atoms with van der Waals surface area (Å²) >= 11 is 0. The van der Waals surface area contributed by atoms with Crippen LogP contribution in [0, 0.1) is 5.92 Å². The van der Waals surface area contributed by atoms with Crippen LogP contribution in [0.5, 0.6) is 0 Å². The van der Waals surface area contributed by atoms with E-state index in [-0.39, 0.29) is 0 Å². The first-order valence-electron chi connectivity index (χ1n) is 5.67. The Morgan fingerprint density at radius 1 is 0.846 bits per heavy atom. The van der Waals surface area contributed by atoms with Crippen molar-refractivity contribution in [3.8, 4) is 0 Å². The molecule has 0 aromatic heterocycles. The summed E-state index contributed by atoms with van der Waals surface area (Å²) in [6, 6.07) is 0.333. The third-order valence-electron chi connectivity index (χ3n) is 1.32. The molecule has 0 radical (unpaired) electrons. The minimum Gasteiger partial charge on any atom is -0.328 e. The molecule has 2 N–H and O–H groups in total. The lowest BCUT2D eigenvalue weighted by Crippen LogP contribution is -2.06. The molecule has 0 aromatic carbocycles. The van der Waals surface area contributed by atoms with Crippen LogP contribution in [-0.2, 0) is 0 Å². The van der Waals surface area contributed by atoms with Crippen LogP contribution in [0.2, 0.25) is 0 Å². The fourth-order valence-electron chi connectivity index (χ4n) is 0. The van der Waals surface area contributed by atoms with Crippen molar-refractivity contribution in [2.75, 3.05) is 0 Å². The van der Waals surface area contributed by atoms with Crippen molar-refractivity contribution < 1.29 is 0 Å². The van der Waals surface area contributed by atoms with Crippen LogP contribution in [0.25, 0.3) is 0 Å². The van der Waals surface area contributed by atoms with Crippen molar-refractivity contribution in [3.63, 3.8) is 0 Å². The van der Waals surface area contributed by atoms with Gasteiger partial charge in [0.25, 0.3) is 0 Å². The average molecular weight is 189 g/mol. The van der Waals surface area contributed by atoms with Gasteiger partial charge in [-0.15, -0.1) is 0 Å². The van der Waals surface area contributed by atoms with Crippen LogP contribution >= 0.6 is 0 Å². The molecule has 84 valence electrons. The molecule has 0 atom stereocenters. The van der Waals surface area contributed by atoms with E-state index in [1.54, 1.807) is 0 Å². The van der Waals surface area contributed by atoms with Gasteiger partial charge in [0.1, 0.15) is 0 Å². The third kappa shape index (κ3) is 135. The van der Waals surface area contributed by atoms with Gasteiger partial charge in [0.2, 0.25) is 0 Å². The van der Waals surface area contributed by atoms with Crippen molar-refractivity contribution in [2.24, 2.45) is 11.7 Å². The number of unbranched alkanes of at least 4 members (excludes halogenated alkanes) is 1. The van der Waals surface area contributed by atoms with Gasteiger partial charge >= 0.3 is 0 Å². The number of nitrogens with two attached hydrogens (primary N) is 1. The lowest BCUT2D eigenvalue weighted by molar-refractivity contribution is 0.626. The number of rotatable bonds is 2. The second-order valence-electron chi connectivity index (χ2n) is 4.05. The Bertz CT molecular complexity index is 53.4. The van der Waals surface area contributed by atoms with Crippen molar-refractivity contribution in [1.29, 1.82) is 0 Å². The van der Waals surface area contributed by atoms with Gasteiger partial charge in [-0.1, -0.05) is 67.7 Å². The van der Waals surface area contributed by atoms with Gasteiger partial charge in [-0.3, -0.25) is 0 Å². The Balaban J connectivity index is -0.000000117. The van der Waals surface area contributed by atoms with Gasteiger partial charge in [0.15, 0.2) is 0 Å². The molecule has 0 fully saturated rings. The van der Waals surface area contributed by atoms with Crippen molar-refractivity contribution in [3.05, 3.63) is 0 Å². The molecular formula is C12H31N. The van der Waals surface area contributed by atoms with Gasteiger partial charge in [-0.25, -0.2) is 0 Å². The van der Waals surface area contributed by atoms with Gasteiger partial charge in [0, 0.05) is 0 Å². The Morgan fingerprint density at radius 2 is 1.00 bits per heavy atom. The van der Waals surface area contributed by atoms with Crippen LogP contribution < -0.4 is 5.73 Å². The van der Waals surface area contributed by atoms with E-state index < -0.39 is 0 Å². The van der Waals surface area contributed by atoms with Gasteiger partial charge in [-0.05, 0) is 12.0 Å². The second kappa shape index (κ2) is 17.9. The Kier molecular flexibility index (Phi) is 25.7. The molecule has 0 saturated carbocycles. The molecule has 0 aromatic rings. The summed E-state index contributed by atoms with van der Waals surface area (Å²) in [6.45, 7) is 14.9. The molecule has 0 bridgehead atoms. The maximum Gasteiger partial charge on any atom is -0.00179 e. The van der Waals surface area contributed by atoms with Gasteiger partial charge in [-0.2, -0.15) is 0 Å². The molecule has 0 spiro atoms. The van der Waals surface area contributed by atoms with Gasteiger partial charge in [0.05, 0.1) is 0 Å². The zero-order valence-corrected chi connectivity index (χ0v) is 10.9. The highest BCUT2D eigenvalue weighted by atomic mass is 14.6. The first-order chi connectivity index (χ1) is 5.92. The summed E-state index contributed by atoms with van der Waals surface area (Å²) in [4.78, 5) is 0. The molecule has 0 rings (SSSR count). The highest BCUT2D eigenvalue weighted by Gasteiger charge is 1.80. The average Bonchev–Trinajstić information content (AvgIpc) is 2.04. The Morgan fingerprint density at radius 3 is 1.00 bits per heavy atom. The zero-order valence-electron chi connectivity index (χ0n) is 10.9. The van der Waals surface area contributed by atoms with E-state index >= 15 is 0 Å². The highest BCUT2D eigenvalue weighted by Crippen LogP contribution is 1.93. The summed E-state index contributed by atoms with van der Waals surface area (Å²) < 4.78 is 0. The first kappa shape index (κ1) is 18.7. The predicted molar refractivity (Wildman–Crippen MR) is 65.0 cm³/mol. The van der Waals surface area contributed by atoms with E-state index in [2.05, 4.69) is 34.6 Å². The maximum absolute atomic E-state index is 5.11. The minimum absolute atomic E-state index is 0.333. The summed E-state index contributed by atoms with van der Waals surface area (Å²) in [5.41, 5.74) is 5.11. The molecule has 0 unspecified atom stereocenters. The van der Waals surface area contributed by atoms with Crippen LogP contribution in [-0.4, -0.2) is 6.04 Å². The largest absolute Gasteiger partial charge is 0.328 e. The van der Waals surface area contributed by atoms with E-state index in [0.29, 0.717) is 6.04 Å². The molecular weight excluding hydrogens is 158 g/mol. The number of hydrogen-bond acceptors (Lipinski definition) is 1. The fraction of sp³-hybridized carbons (Fsp3) is 1.00. The third-order valence-corrected chi connectivity index (χ3v) is 1.32. The van der Waals surface area contributed by atoms with Crippen molar-refractivity contribution in [1.82, 2.24) is 0 Å². The fourth-order valence-corrected chi connectivity index (χ4v) is 0. The van der Waals surface area contributed by atoms with E-state index in [4.69, 9.17) is 5.73 Å². The molecule has 13 heavy (non-hydrogen) atoms. The van der Waals surface area contributed by atoms with E-state index in [1.165, 1.54) is 19.3 Å². The monoisotopic (exact) mass is 189 g/mol. The second-order valence-corrected chi connectivity index (χ2v) is 4.05. The first-order valence-corrected chi connectivity index (χ1v) is 5.67. The summed E-state index contributed by atoms with van der Waals surface area (Å²) in [5.74, 6) is 0.884. The molecule has 0 saturated heterocycles. The van der Waals surface area contributed by atoms with Crippen LogP contribution in [0.3, 0.4) is 0 Å². The lowest BCUT2D eigenvalue weighted by Gasteiger charge is -1.90. The lowest BCUT2D eigenvalue weighted by atomic mass is 10.2. The van der Waals surface area contributed by atoms with E-state index in [9.17, 15) is 0 Å². The van der Waals surface area contributed by atoms with Crippen molar-refractivity contribution >= 4 is 0 Å². The Hall–Kier alpha value is -0.0400. The molecule has 1 heteroatoms. The maximum atomic E-state index is 5.11. The van der Waals surface area contributed by atoms with Crippen LogP contribution in [0.15, 0.2) is 0 Å². The summed E-state index contributed by atoms with van der Waals surface area (Å²) in [5, 5.41) is 0. The number of hydrogen-bond donors (Lipinski definition) is 1. The van der Waals surface area contributed by atoms with E-state index in [0.717, 1.165) is 5.92 Å². The van der Waals surface area contributed by atoms with Crippen LogP contribution in [0.4, 0.5) is 0 Å². The highest BCUT2D eigenvalue weighted by molar-refractivity contribution is 4.33. The molecule has 0 heterocycles. The molecule has 0 aliphatic rings. The smallest absolute Gasteiger partial charge is 0.00179 e. The normalized spacial score (nSPS) is 8.77. The molecule has 0 aliphatic heterocycles. The standard InChI is InChI=1S/C5H12.C4H10.C3H9N/c1-4-5(2)3;1-3-4-2;1-3(2)4/h5H,4H2,1-3H3;3-4H2,1-2H3;3H,4H2,1-2H3. The molecule has 0 aliphatic carbocycles. The SMILES string of the molecule is CC(C)N.CCC(C)C.CCCC. The quantitative estimate of drug-likeness (QED) is 0.692. The minimum atomic E-state index is 0.333. The van der Waals surface area contributed by atoms with Crippen molar-refractivity contribution in [2.45, 2.75) is 73.8 Å². The predicted octanol–water partition coefficient (Wildman–Crippen LogP) is 4.21. The van der Waals surface area contributed by atoms with Gasteiger partial charge < -0.3 is 5.73 Å². The molecule has 0 amide bonds. The van der Waals surface area contributed by atoms with Crippen LogP contribution in [0.1, 0.15) is 67.7 Å². The topological polar surface area (TPSA) is 26.0 Å². The summed E-state index contributed by atoms with van der Waals surface area (Å²) in [6.07, 6.45) is 3.94. The summed E-state index contributed by atoms with van der Waals surface area (Å²) in [7, 11) is 0.